The van der Waals surface area contributed by atoms with Gasteiger partial charge in [0.05, 0.1) is 0 Å². The molecule has 0 spiro atoms. The van der Waals surface area contributed by atoms with E-state index in [9.17, 15) is 0 Å². The molecule has 16 heavy (non-hydrogen) atoms. The molecule has 86 valence electrons. The number of hydrogen-bond acceptors (Lipinski definition) is 0. The molecular formula is C16H22. The van der Waals surface area contributed by atoms with Crippen LogP contribution in [0.3, 0.4) is 0 Å². The number of rotatable bonds is 4. The third kappa shape index (κ3) is 4.79. The maximum atomic E-state index is 4.04. The van der Waals surface area contributed by atoms with E-state index in [4.69, 9.17) is 0 Å². The van der Waals surface area contributed by atoms with E-state index in [1.54, 1.807) is 0 Å². The van der Waals surface area contributed by atoms with E-state index in [2.05, 4.69) is 38.3 Å². The molecule has 1 rings (SSSR count). The van der Waals surface area contributed by atoms with Gasteiger partial charge in [-0.05, 0) is 23.1 Å². The van der Waals surface area contributed by atoms with Crippen molar-refractivity contribution in [2.24, 2.45) is 0 Å². The Bertz CT molecular complexity index is 342. The standard InChI is InChI=1S/C14H16.C2H6/c1-4-13(5-2)11-12(3)14-9-7-6-8-10-14;1-2/h4,6-11H,1,3,5H2,2H3;1-2H3/b13-11+;. The number of hydrogen-bond donors (Lipinski definition) is 0. The molecule has 0 saturated heterocycles. The van der Waals surface area contributed by atoms with Gasteiger partial charge < -0.3 is 0 Å². The molecule has 0 radical (unpaired) electrons. The number of allylic oxidation sites excluding steroid dienone is 4. The average molecular weight is 214 g/mol. The summed E-state index contributed by atoms with van der Waals surface area (Å²) in [6.45, 7) is 13.9. The molecule has 0 bridgehead atoms. The molecule has 1 aromatic carbocycles. The third-order valence-electron chi connectivity index (χ3n) is 2.17. The molecule has 0 nitrogen and oxygen atoms in total. The Labute approximate surface area is 100 Å². The normalized spacial score (nSPS) is 10.1. The van der Waals surface area contributed by atoms with Crippen LogP contribution in [0.4, 0.5) is 0 Å². The van der Waals surface area contributed by atoms with Gasteiger partial charge in [0.2, 0.25) is 0 Å². The first-order valence-electron chi connectivity index (χ1n) is 5.85. The summed E-state index contributed by atoms with van der Waals surface area (Å²) in [5, 5.41) is 0. The maximum absolute atomic E-state index is 4.04. The maximum Gasteiger partial charge on any atom is -0.0190 e. The Hall–Kier alpha value is -1.56. The van der Waals surface area contributed by atoms with Gasteiger partial charge in [0.15, 0.2) is 0 Å². The minimum atomic E-state index is 0.995. The van der Waals surface area contributed by atoms with Gasteiger partial charge in [-0.25, -0.2) is 0 Å². The second kappa shape index (κ2) is 8.72. The monoisotopic (exact) mass is 214 g/mol. The van der Waals surface area contributed by atoms with E-state index >= 15 is 0 Å². The SMILES string of the molecule is C=C/C(=C\C(=C)c1ccccc1)CC.CC. The summed E-state index contributed by atoms with van der Waals surface area (Å²) in [6.07, 6.45) is 4.96. The molecule has 0 heterocycles. The highest BCUT2D eigenvalue weighted by molar-refractivity contribution is 5.73. The van der Waals surface area contributed by atoms with Crippen molar-refractivity contribution < 1.29 is 0 Å². The van der Waals surface area contributed by atoms with Crippen LogP contribution in [0, 0.1) is 0 Å². The van der Waals surface area contributed by atoms with Gasteiger partial charge >= 0.3 is 0 Å². The topological polar surface area (TPSA) is 0 Å². The highest BCUT2D eigenvalue weighted by atomic mass is 14.0. The van der Waals surface area contributed by atoms with Crippen LogP contribution in [-0.2, 0) is 0 Å². The van der Waals surface area contributed by atoms with Gasteiger partial charge in [0.1, 0.15) is 0 Å². The number of benzene rings is 1. The summed E-state index contributed by atoms with van der Waals surface area (Å²) in [5.41, 5.74) is 3.43. The average Bonchev–Trinajstić information content (AvgIpc) is 2.39. The molecule has 1 aromatic rings. The molecule has 0 atom stereocenters. The summed E-state index contributed by atoms with van der Waals surface area (Å²) >= 11 is 0. The van der Waals surface area contributed by atoms with Gasteiger partial charge in [-0.2, -0.15) is 0 Å². The van der Waals surface area contributed by atoms with Crippen LogP contribution in [-0.4, -0.2) is 0 Å². The van der Waals surface area contributed by atoms with Gasteiger partial charge in [-0.3, -0.25) is 0 Å². The van der Waals surface area contributed by atoms with Gasteiger partial charge in [-0.15, -0.1) is 0 Å². The molecule has 0 aliphatic carbocycles. The summed E-state index contributed by atoms with van der Waals surface area (Å²) in [6, 6.07) is 10.2. The molecule has 0 aliphatic rings. The molecule has 0 aliphatic heterocycles. The lowest BCUT2D eigenvalue weighted by atomic mass is 10.0. The van der Waals surface area contributed by atoms with Crippen LogP contribution in [0.25, 0.3) is 5.57 Å². The predicted octanol–water partition coefficient (Wildman–Crippen LogP) is 5.25. The van der Waals surface area contributed by atoms with Crippen molar-refractivity contribution in [2.75, 3.05) is 0 Å². The van der Waals surface area contributed by atoms with E-state index in [0.717, 1.165) is 12.0 Å². The molecule has 0 heteroatoms. The van der Waals surface area contributed by atoms with Crippen molar-refractivity contribution in [2.45, 2.75) is 27.2 Å². The van der Waals surface area contributed by atoms with Crippen molar-refractivity contribution in [3.63, 3.8) is 0 Å². The third-order valence-corrected chi connectivity index (χ3v) is 2.17. The minimum Gasteiger partial charge on any atom is -0.0988 e. The molecule has 0 fully saturated rings. The highest BCUT2D eigenvalue weighted by Gasteiger charge is 1.94. The van der Waals surface area contributed by atoms with E-state index in [1.807, 2.05) is 38.1 Å². The van der Waals surface area contributed by atoms with Gasteiger partial charge in [-0.1, -0.05) is 76.4 Å². The Morgan fingerprint density at radius 1 is 1.19 bits per heavy atom. The van der Waals surface area contributed by atoms with Crippen molar-refractivity contribution in [1.82, 2.24) is 0 Å². The fourth-order valence-corrected chi connectivity index (χ4v) is 1.26. The molecule has 0 N–H and O–H groups in total. The van der Waals surface area contributed by atoms with Crippen molar-refractivity contribution in [3.05, 3.63) is 66.8 Å². The zero-order valence-electron chi connectivity index (χ0n) is 10.7. The summed E-state index contributed by atoms with van der Waals surface area (Å²) in [4.78, 5) is 0. The van der Waals surface area contributed by atoms with Crippen LogP contribution in [0.1, 0.15) is 32.8 Å². The largest absolute Gasteiger partial charge is 0.0988 e. The molecule has 0 amide bonds. The predicted molar refractivity (Wildman–Crippen MR) is 75.4 cm³/mol. The van der Waals surface area contributed by atoms with Crippen LogP contribution in [0.5, 0.6) is 0 Å². The zero-order valence-corrected chi connectivity index (χ0v) is 10.7. The van der Waals surface area contributed by atoms with E-state index in [0.29, 0.717) is 0 Å². The summed E-state index contributed by atoms with van der Waals surface area (Å²) in [7, 11) is 0. The van der Waals surface area contributed by atoms with Crippen molar-refractivity contribution in [3.8, 4) is 0 Å². The first-order chi connectivity index (χ1) is 7.77. The summed E-state index contributed by atoms with van der Waals surface area (Å²) in [5.74, 6) is 0. The Morgan fingerprint density at radius 2 is 1.75 bits per heavy atom. The highest BCUT2D eigenvalue weighted by Crippen LogP contribution is 2.16. The van der Waals surface area contributed by atoms with E-state index in [-0.39, 0.29) is 0 Å². The van der Waals surface area contributed by atoms with Crippen molar-refractivity contribution >= 4 is 5.57 Å². The minimum absolute atomic E-state index is 0.995. The van der Waals surface area contributed by atoms with E-state index in [1.165, 1.54) is 11.1 Å². The molecule has 0 saturated carbocycles. The zero-order chi connectivity index (χ0) is 12.4. The molecular weight excluding hydrogens is 192 g/mol. The smallest absolute Gasteiger partial charge is 0.0190 e. The first kappa shape index (κ1) is 14.4. The van der Waals surface area contributed by atoms with Crippen LogP contribution in [0.2, 0.25) is 0 Å². The second-order valence-corrected chi connectivity index (χ2v) is 3.17. The van der Waals surface area contributed by atoms with Gasteiger partial charge in [0, 0.05) is 0 Å². The van der Waals surface area contributed by atoms with Crippen LogP contribution in [0.15, 0.2) is 61.2 Å². The lowest BCUT2D eigenvalue weighted by molar-refractivity contribution is 1.15. The fraction of sp³-hybridized carbons (Fsp3) is 0.250. The summed E-state index contributed by atoms with van der Waals surface area (Å²) < 4.78 is 0. The quantitative estimate of drug-likeness (QED) is 0.601. The Morgan fingerprint density at radius 3 is 2.19 bits per heavy atom. The van der Waals surface area contributed by atoms with Gasteiger partial charge in [0.25, 0.3) is 0 Å². The lowest BCUT2D eigenvalue weighted by Gasteiger charge is -2.02. The lowest BCUT2D eigenvalue weighted by Crippen LogP contribution is -1.80. The van der Waals surface area contributed by atoms with Crippen LogP contribution < -0.4 is 0 Å². The fourth-order valence-electron chi connectivity index (χ4n) is 1.26. The van der Waals surface area contributed by atoms with Crippen LogP contribution >= 0.6 is 0 Å². The van der Waals surface area contributed by atoms with Crippen molar-refractivity contribution in [1.29, 1.82) is 0 Å². The molecule has 0 aromatic heterocycles. The first-order valence-corrected chi connectivity index (χ1v) is 5.85. The Balaban J connectivity index is 0.00000106. The molecule has 0 unspecified atom stereocenters. The second-order valence-electron chi connectivity index (χ2n) is 3.17. The Kier molecular flexibility index (Phi) is 7.87. The van der Waals surface area contributed by atoms with E-state index < -0.39 is 0 Å².